The van der Waals surface area contributed by atoms with Gasteiger partial charge in [-0.15, -0.1) is 0 Å². The van der Waals surface area contributed by atoms with Crippen molar-refractivity contribution in [2.75, 3.05) is 7.05 Å². The van der Waals surface area contributed by atoms with Gasteiger partial charge in [-0.1, -0.05) is 12.1 Å². The number of carbonyl (C=O) groups is 1. The van der Waals surface area contributed by atoms with Crippen molar-refractivity contribution in [2.24, 2.45) is 5.73 Å². The van der Waals surface area contributed by atoms with Crippen LogP contribution in [0.2, 0.25) is 0 Å². The second kappa shape index (κ2) is 6.35. The van der Waals surface area contributed by atoms with Crippen molar-refractivity contribution >= 4 is 5.91 Å². The number of rotatable bonds is 5. The van der Waals surface area contributed by atoms with Crippen LogP contribution in [0.1, 0.15) is 25.3 Å². The van der Waals surface area contributed by atoms with Crippen molar-refractivity contribution in [2.45, 2.75) is 32.4 Å². The first-order valence-electron chi connectivity index (χ1n) is 5.73. The average molecular weight is 238 g/mol. The molecule has 94 valence electrons. The highest BCUT2D eigenvalue weighted by Gasteiger charge is 2.10. The zero-order chi connectivity index (χ0) is 12.8. The van der Waals surface area contributed by atoms with Gasteiger partial charge in [0.15, 0.2) is 0 Å². The summed E-state index contributed by atoms with van der Waals surface area (Å²) in [7, 11) is 1.72. The number of benzene rings is 1. The lowest BCUT2D eigenvalue weighted by molar-refractivity contribution is -0.130. The molecular weight excluding hydrogens is 219 g/mol. The van der Waals surface area contributed by atoms with E-state index in [9.17, 15) is 9.18 Å². The van der Waals surface area contributed by atoms with Crippen molar-refractivity contribution in [3.8, 4) is 0 Å². The largest absolute Gasteiger partial charge is 0.341 e. The maximum absolute atomic E-state index is 13.0. The SMILES string of the molecule is CC(N)CCC(=O)N(C)Cc1cccc(F)c1. The van der Waals surface area contributed by atoms with E-state index in [1.54, 1.807) is 24.1 Å². The van der Waals surface area contributed by atoms with Gasteiger partial charge in [-0.05, 0) is 31.0 Å². The number of amides is 1. The monoisotopic (exact) mass is 238 g/mol. The summed E-state index contributed by atoms with van der Waals surface area (Å²) >= 11 is 0. The fourth-order valence-electron chi connectivity index (χ4n) is 1.54. The van der Waals surface area contributed by atoms with Crippen LogP contribution in [0.3, 0.4) is 0 Å². The van der Waals surface area contributed by atoms with Crippen LogP contribution in [0.15, 0.2) is 24.3 Å². The van der Waals surface area contributed by atoms with E-state index in [1.165, 1.54) is 12.1 Å². The van der Waals surface area contributed by atoms with Crippen molar-refractivity contribution in [3.63, 3.8) is 0 Å². The Morgan fingerprint density at radius 1 is 1.53 bits per heavy atom. The van der Waals surface area contributed by atoms with Gasteiger partial charge in [0.25, 0.3) is 0 Å². The Balaban J connectivity index is 2.48. The lowest BCUT2D eigenvalue weighted by atomic mass is 10.1. The molecule has 0 aliphatic heterocycles. The van der Waals surface area contributed by atoms with Crippen LogP contribution in [-0.4, -0.2) is 23.9 Å². The second-order valence-electron chi connectivity index (χ2n) is 4.40. The van der Waals surface area contributed by atoms with Gasteiger partial charge in [0.1, 0.15) is 5.82 Å². The van der Waals surface area contributed by atoms with Gasteiger partial charge in [0.2, 0.25) is 5.91 Å². The predicted octanol–water partition coefficient (Wildman–Crippen LogP) is 1.91. The maximum Gasteiger partial charge on any atom is 0.222 e. The van der Waals surface area contributed by atoms with Gasteiger partial charge < -0.3 is 10.6 Å². The number of nitrogens with zero attached hydrogens (tertiary/aromatic N) is 1. The van der Waals surface area contributed by atoms with Gasteiger partial charge in [0.05, 0.1) is 0 Å². The summed E-state index contributed by atoms with van der Waals surface area (Å²) in [6.45, 7) is 2.30. The molecule has 4 heteroatoms. The molecule has 0 spiro atoms. The summed E-state index contributed by atoms with van der Waals surface area (Å²) in [5.41, 5.74) is 6.39. The molecule has 3 nitrogen and oxygen atoms in total. The fourth-order valence-corrected chi connectivity index (χ4v) is 1.54. The third-order valence-corrected chi connectivity index (χ3v) is 2.55. The van der Waals surface area contributed by atoms with Crippen LogP contribution in [0.5, 0.6) is 0 Å². The van der Waals surface area contributed by atoms with Gasteiger partial charge >= 0.3 is 0 Å². The molecule has 17 heavy (non-hydrogen) atoms. The predicted molar refractivity (Wildman–Crippen MR) is 65.8 cm³/mol. The number of halogens is 1. The van der Waals surface area contributed by atoms with Gasteiger partial charge in [-0.2, -0.15) is 0 Å². The molecule has 0 fully saturated rings. The van der Waals surface area contributed by atoms with Gasteiger partial charge in [0, 0.05) is 26.1 Å². The third kappa shape index (κ3) is 4.95. The van der Waals surface area contributed by atoms with Crippen molar-refractivity contribution < 1.29 is 9.18 Å². The van der Waals surface area contributed by atoms with Crippen LogP contribution in [-0.2, 0) is 11.3 Å². The van der Waals surface area contributed by atoms with Gasteiger partial charge in [-0.25, -0.2) is 4.39 Å². The zero-order valence-corrected chi connectivity index (χ0v) is 10.3. The Hall–Kier alpha value is -1.42. The van der Waals surface area contributed by atoms with E-state index in [2.05, 4.69) is 0 Å². The summed E-state index contributed by atoms with van der Waals surface area (Å²) in [5, 5.41) is 0. The molecule has 1 atom stereocenters. The molecule has 0 aliphatic rings. The Morgan fingerprint density at radius 2 is 2.24 bits per heavy atom. The highest BCUT2D eigenvalue weighted by atomic mass is 19.1. The molecule has 0 heterocycles. The first kappa shape index (κ1) is 13.6. The smallest absolute Gasteiger partial charge is 0.222 e. The van der Waals surface area contributed by atoms with Crippen LogP contribution in [0.4, 0.5) is 4.39 Å². The Morgan fingerprint density at radius 3 is 2.82 bits per heavy atom. The highest BCUT2D eigenvalue weighted by Crippen LogP contribution is 2.08. The number of hydrogen-bond donors (Lipinski definition) is 1. The molecular formula is C13H19FN2O. The quantitative estimate of drug-likeness (QED) is 0.851. The molecule has 1 rings (SSSR count). The molecule has 0 aliphatic carbocycles. The molecule has 1 aromatic rings. The van der Waals surface area contributed by atoms with Crippen LogP contribution in [0, 0.1) is 5.82 Å². The summed E-state index contributed by atoms with van der Waals surface area (Å²) in [6, 6.07) is 6.31. The summed E-state index contributed by atoms with van der Waals surface area (Å²) in [5.74, 6) is -0.245. The first-order valence-corrected chi connectivity index (χ1v) is 5.73. The number of hydrogen-bond acceptors (Lipinski definition) is 2. The minimum Gasteiger partial charge on any atom is -0.341 e. The van der Waals surface area contributed by atoms with E-state index in [-0.39, 0.29) is 17.8 Å². The first-order chi connectivity index (χ1) is 7.99. The molecule has 0 radical (unpaired) electrons. The average Bonchev–Trinajstić information content (AvgIpc) is 2.25. The molecule has 1 aromatic carbocycles. The molecule has 1 amide bonds. The van der Waals surface area contributed by atoms with E-state index >= 15 is 0 Å². The standard InChI is InChI=1S/C13H19FN2O/c1-10(15)6-7-13(17)16(2)9-11-4-3-5-12(14)8-11/h3-5,8,10H,6-7,9,15H2,1-2H3. The summed E-state index contributed by atoms with van der Waals surface area (Å²) < 4.78 is 13.0. The normalized spacial score (nSPS) is 12.2. The van der Waals surface area contributed by atoms with Crippen LogP contribution in [0.25, 0.3) is 0 Å². The van der Waals surface area contributed by atoms with Crippen molar-refractivity contribution in [3.05, 3.63) is 35.6 Å². The summed E-state index contributed by atoms with van der Waals surface area (Å²) in [6.07, 6.45) is 1.11. The highest BCUT2D eigenvalue weighted by molar-refractivity contribution is 5.75. The fraction of sp³-hybridized carbons (Fsp3) is 0.462. The molecule has 0 saturated heterocycles. The minimum atomic E-state index is -0.279. The van der Waals surface area contributed by atoms with Crippen LogP contribution < -0.4 is 5.73 Å². The zero-order valence-electron chi connectivity index (χ0n) is 10.3. The van der Waals surface area contributed by atoms with E-state index in [1.807, 2.05) is 6.92 Å². The van der Waals surface area contributed by atoms with Crippen molar-refractivity contribution in [1.82, 2.24) is 4.90 Å². The molecule has 0 bridgehead atoms. The number of carbonyl (C=O) groups excluding carboxylic acids is 1. The molecule has 0 saturated carbocycles. The third-order valence-electron chi connectivity index (χ3n) is 2.55. The van der Waals surface area contributed by atoms with Crippen molar-refractivity contribution in [1.29, 1.82) is 0 Å². The van der Waals surface area contributed by atoms with E-state index < -0.39 is 0 Å². The molecule has 0 aromatic heterocycles. The molecule has 2 N–H and O–H groups in total. The lowest BCUT2D eigenvalue weighted by Gasteiger charge is -2.17. The van der Waals surface area contributed by atoms with E-state index in [0.717, 1.165) is 5.56 Å². The Bertz CT molecular complexity index is 379. The second-order valence-corrected chi connectivity index (χ2v) is 4.40. The van der Waals surface area contributed by atoms with Crippen LogP contribution >= 0.6 is 0 Å². The van der Waals surface area contributed by atoms with E-state index in [4.69, 9.17) is 5.73 Å². The Labute approximate surface area is 101 Å². The number of nitrogens with two attached hydrogens (primary N) is 1. The van der Waals surface area contributed by atoms with E-state index in [0.29, 0.717) is 19.4 Å². The lowest BCUT2D eigenvalue weighted by Crippen LogP contribution is -2.28. The minimum absolute atomic E-state index is 0.0292. The summed E-state index contributed by atoms with van der Waals surface area (Å²) in [4.78, 5) is 13.3. The topological polar surface area (TPSA) is 46.3 Å². The Kier molecular flexibility index (Phi) is 5.10. The molecule has 1 unspecified atom stereocenters. The van der Waals surface area contributed by atoms with Gasteiger partial charge in [-0.3, -0.25) is 4.79 Å². The maximum atomic E-state index is 13.0.